The van der Waals surface area contributed by atoms with Crippen LogP contribution < -0.4 is 5.73 Å². The summed E-state index contributed by atoms with van der Waals surface area (Å²) in [6.07, 6.45) is 5.77. The summed E-state index contributed by atoms with van der Waals surface area (Å²) < 4.78 is 5.91. The fraction of sp³-hybridized carbons (Fsp3) is 0.600. The van der Waals surface area contributed by atoms with Gasteiger partial charge in [-0.25, -0.2) is 0 Å². The van der Waals surface area contributed by atoms with Gasteiger partial charge in [0.15, 0.2) is 6.29 Å². The van der Waals surface area contributed by atoms with Crippen molar-refractivity contribution < 1.29 is 14.3 Å². The zero-order valence-electron chi connectivity index (χ0n) is 18.9. The maximum Gasteiger partial charge on any atom is 0.313 e. The molecule has 160 valence electrons. The third-order valence-corrected chi connectivity index (χ3v) is 6.13. The van der Waals surface area contributed by atoms with Crippen molar-refractivity contribution >= 4 is 17.8 Å². The first-order valence-electron chi connectivity index (χ1n) is 11.0. The van der Waals surface area contributed by atoms with E-state index in [1.54, 1.807) is 13.8 Å². The molecule has 0 unspecified atom stereocenters. The lowest BCUT2D eigenvalue weighted by atomic mass is 9.74. The van der Waals surface area contributed by atoms with Crippen molar-refractivity contribution in [3.05, 3.63) is 40.1 Å². The van der Waals surface area contributed by atoms with Crippen LogP contribution in [-0.2, 0) is 27.2 Å². The number of aldehydes is 1. The van der Waals surface area contributed by atoms with E-state index in [2.05, 4.69) is 39.8 Å². The molecule has 0 bridgehead atoms. The Bertz CT molecular complexity index is 758. The van der Waals surface area contributed by atoms with E-state index in [-0.39, 0.29) is 11.9 Å². The summed E-state index contributed by atoms with van der Waals surface area (Å²) in [4.78, 5) is 25.1. The first-order valence-corrected chi connectivity index (χ1v) is 11.0. The van der Waals surface area contributed by atoms with Gasteiger partial charge in [0, 0.05) is 0 Å². The molecular formula is C25H37NO3. The SMILES string of the molecule is CCc1cc(C)cc(CC)c1/C(C=O)=C(\OC(=O)C(C)C)C1(N)CCC(C)CC1. The number of allylic oxidation sites excluding steroid dienone is 1. The smallest absolute Gasteiger partial charge is 0.313 e. The molecule has 2 N–H and O–H groups in total. The van der Waals surface area contributed by atoms with E-state index in [9.17, 15) is 9.59 Å². The predicted molar refractivity (Wildman–Crippen MR) is 118 cm³/mol. The number of rotatable bonds is 7. The van der Waals surface area contributed by atoms with Gasteiger partial charge in [-0.05, 0) is 68.1 Å². The van der Waals surface area contributed by atoms with E-state index in [0.29, 0.717) is 30.1 Å². The van der Waals surface area contributed by atoms with Gasteiger partial charge >= 0.3 is 5.97 Å². The summed E-state index contributed by atoms with van der Waals surface area (Å²) in [5, 5.41) is 0. The maximum atomic E-state index is 12.6. The lowest BCUT2D eigenvalue weighted by molar-refractivity contribution is -0.144. The zero-order chi connectivity index (χ0) is 21.8. The average molecular weight is 400 g/mol. The minimum Gasteiger partial charge on any atom is -0.428 e. The third-order valence-electron chi connectivity index (χ3n) is 6.13. The molecule has 4 heteroatoms. The van der Waals surface area contributed by atoms with Crippen LogP contribution in [0.2, 0.25) is 0 Å². The summed E-state index contributed by atoms with van der Waals surface area (Å²) in [5.41, 5.74) is 10.7. The van der Waals surface area contributed by atoms with Crippen molar-refractivity contribution in [2.45, 2.75) is 85.6 Å². The van der Waals surface area contributed by atoms with E-state index in [4.69, 9.17) is 10.5 Å². The van der Waals surface area contributed by atoms with Gasteiger partial charge < -0.3 is 10.5 Å². The molecule has 1 aromatic carbocycles. The number of hydrogen-bond donors (Lipinski definition) is 1. The highest BCUT2D eigenvalue weighted by Crippen LogP contribution is 2.40. The van der Waals surface area contributed by atoms with Crippen molar-refractivity contribution in [2.75, 3.05) is 0 Å². The molecule has 29 heavy (non-hydrogen) atoms. The quantitative estimate of drug-likeness (QED) is 0.298. The molecule has 0 amide bonds. The second-order valence-electron chi connectivity index (χ2n) is 8.94. The number of aryl methyl sites for hydroxylation is 3. The molecule has 1 aliphatic rings. The summed E-state index contributed by atoms with van der Waals surface area (Å²) in [6, 6.07) is 4.23. The second kappa shape index (κ2) is 9.71. The van der Waals surface area contributed by atoms with E-state index in [0.717, 1.165) is 48.7 Å². The van der Waals surface area contributed by atoms with E-state index in [1.165, 1.54) is 5.56 Å². The second-order valence-corrected chi connectivity index (χ2v) is 8.94. The van der Waals surface area contributed by atoms with Crippen LogP contribution in [0.15, 0.2) is 17.9 Å². The molecule has 0 aliphatic heterocycles. The molecule has 0 aromatic heterocycles. The fourth-order valence-corrected chi connectivity index (χ4v) is 4.22. The number of hydrogen-bond acceptors (Lipinski definition) is 4. The van der Waals surface area contributed by atoms with Crippen molar-refractivity contribution in [3.63, 3.8) is 0 Å². The standard InChI is InChI=1S/C25H37NO3/c1-7-19-13-18(6)14-20(8-2)22(19)21(15-27)23(29-24(28)16(3)4)25(26)11-9-17(5)10-12-25/h13-17H,7-12,26H2,1-6H3/b23-21-. The van der Waals surface area contributed by atoms with Gasteiger partial charge in [-0.3, -0.25) is 9.59 Å². The number of nitrogens with two attached hydrogens (primary N) is 1. The van der Waals surface area contributed by atoms with Crippen molar-refractivity contribution in [1.29, 1.82) is 0 Å². The monoisotopic (exact) mass is 399 g/mol. The van der Waals surface area contributed by atoms with Crippen LogP contribution in [0.5, 0.6) is 0 Å². The Labute approximate surface area is 175 Å². The van der Waals surface area contributed by atoms with Gasteiger partial charge in [0.1, 0.15) is 5.76 Å². The van der Waals surface area contributed by atoms with Crippen LogP contribution >= 0.6 is 0 Å². The Balaban J connectivity index is 2.76. The lowest BCUT2D eigenvalue weighted by Crippen LogP contribution is -2.47. The molecule has 1 aliphatic carbocycles. The van der Waals surface area contributed by atoms with Crippen molar-refractivity contribution in [2.24, 2.45) is 17.6 Å². The topological polar surface area (TPSA) is 69.4 Å². The molecule has 0 radical (unpaired) electrons. The van der Waals surface area contributed by atoms with E-state index in [1.807, 2.05) is 0 Å². The normalized spacial score (nSPS) is 23.0. The molecule has 1 saturated carbocycles. The van der Waals surface area contributed by atoms with Crippen LogP contribution in [0, 0.1) is 18.8 Å². The van der Waals surface area contributed by atoms with Crippen LogP contribution in [0.4, 0.5) is 0 Å². The Hall–Kier alpha value is -1.94. The third kappa shape index (κ3) is 5.16. The Morgan fingerprint density at radius 1 is 1.21 bits per heavy atom. The fourth-order valence-electron chi connectivity index (χ4n) is 4.22. The number of benzene rings is 1. The van der Waals surface area contributed by atoms with Gasteiger partial charge in [-0.2, -0.15) is 0 Å². The number of esters is 1. The maximum absolute atomic E-state index is 12.6. The minimum atomic E-state index is -0.797. The van der Waals surface area contributed by atoms with Crippen LogP contribution in [0.25, 0.3) is 5.57 Å². The highest BCUT2D eigenvalue weighted by atomic mass is 16.5. The molecule has 1 fully saturated rings. The Morgan fingerprint density at radius 2 is 1.72 bits per heavy atom. The number of carbonyl (C=O) groups is 2. The predicted octanol–water partition coefficient (Wildman–Crippen LogP) is 5.14. The minimum absolute atomic E-state index is 0.293. The summed E-state index contributed by atoms with van der Waals surface area (Å²) in [7, 11) is 0. The molecule has 4 nitrogen and oxygen atoms in total. The van der Waals surface area contributed by atoms with Crippen LogP contribution in [0.3, 0.4) is 0 Å². The van der Waals surface area contributed by atoms with Gasteiger partial charge in [-0.1, -0.05) is 52.3 Å². The van der Waals surface area contributed by atoms with Crippen LogP contribution in [-0.4, -0.2) is 17.8 Å². The first kappa shape index (κ1) is 23.3. The van der Waals surface area contributed by atoms with Crippen LogP contribution in [0.1, 0.15) is 82.6 Å². The molecule has 0 saturated heterocycles. The highest BCUT2D eigenvalue weighted by Gasteiger charge is 2.39. The van der Waals surface area contributed by atoms with Gasteiger partial charge in [-0.15, -0.1) is 0 Å². The van der Waals surface area contributed by atoms with Gasteiger partial charge in [0.05, 0.1) is 17.0 Å². The molecular weight excluding hydrogens is 362 g/mol. The number of carbonyl (C=O) groups excluding carboxylic acids is 2. The van der Waals surface area contributed by atoms with Gasteiger partial charge in [0.25, 0.3) is 0 Å². The lowest BCUT2D eigenvalue weighted by Gasteiger charge is -2.38. The average Bonchev–Trinajstić information content (AvgIpc) is 2.70. The molecule has 0 atom stereocenters. The van der Waals surface area contributed by atoms with E-state index >= 15 is 0 Å². The Kier molecular flexibility index (Phi) is 7.81. The van der Waals surface area contributed by atoms with Crippen molar-refractivity contribution in [3.8, 4) is 0 Å². The molecule has 1 aromatic rings. The molecule has 0 spiro atoms. The summed E-state index contributed by atoms with van der Waals surface area (Å²) in [5.74, 6) is 0.320. The largest absolute Gasteiger partial charge is 0.428 e. The Morgan fingerprint density at radius 3 is 2.14 bits per heavy atom. The van der Waals surface area contributed by atoms with Gasteiger partial charge in [0.2, 0.25) is 0 Å². The number of ether oxygens (including phenoxy) is 1. The molecule has 0 heterocycles. The van der Waals surface area contributed by atoms with E-state index < -0.39 is 5.54 Å². The molecule has 2 rings (SSSR count). The highest BCUT2D eigenvalue weighted by molar-refractivity contribution is 6.10. The van der Waals surface area contributed by atoms with Crippen molar-refractivity contribution in [1.82, 2.24) is 0 Å². The zero-order valence-corrected chi connectivity index (χ0v) is 18.9. The summed E-state index contributed by atoms with van der Waals surface area (Å²) >= 11 is 0. The first-order chi connectivity index (χ1) is 13.7. The summed E-state index contributed by atoms with van der Waals surface area (Å²) in [6.45, 7) is 12.1.